The van der Waals surface area contributed by atoms with Gasteiger partial charge in [-0.1, -0.05) is 36.4 Å². The molecule has 0 aliphatic carbocycles. The van der Waals surface area contributed by atoms with Gasteiger partial charge in [-0.2, -0.15) is 0 Å². The van der Waals surface area contributed by atoms with Crippen LogP contribution in [0.3, 0.4) is 0 Å². The van der Waals surface area contributed by atoms with E-state index in [0.29, 0.717) is 19.5 Å². The van der Waals surface area contributed by atoms with Crippen LogP contribution in [0.4, 0.5) is 5.69 Å². The van der Waals surface area contributed by atoms with E-state index in [1.165, 1.54) is 6.92 Å². The van der Waals surface area contributed by atoms with Gasteiger partial charge in [0.05, 0.1) is 18.2 Å². The number of ether oxygens (including phenoxy) is 1. The summed E-state index contributed by atoms with van der Waals surface area (Å²) >= 11 is 0. The van der Waals surface area contributed by atoms with Crippen molar-refractivity contribution in [2.45, 2.75) is 19.8 Å². The SMILES string of the molecule is CC(=O)NCCCOC(=O)[C@@H]1CC(=O)N(c2cccc3ccccc23)C1. The Labute approximate surface area is 152 Å². The molecular formula is C20H22N2O4. The van der Waals surface area contributed by atoms with Crippen molar-refractivity contribution in [1.82, 2.24) is 5.32 Å². The molecular weight excluding hydrogens is 332 g/mol. The first kappa shape index (κ1) is 17.9. The molecule has 2 aromatic carbocycles. The van der Waals surface area contributed by atoms with Gasteiger partial charge in [-0.3, -0.25) is 14.4 Å². The third-order valence-corrected chi connectivity index (χ3v) is 4.46. The number of carbonyl (C=O) groups excluding carboxylic acids is 3. The molecule has 0 unspecified atom stereocenters. The van der Waals surface area contributed by atoms with E-state index in [0.717, 1.165) is 16.5 Å². The molecule has 26 heavy (non-hydrogen) atoms. The maximum absolute atomic E-state index is 12.5. The summed E-state index contributed by atoms with van der Waals surface area (Å²) in [6.45, 7) is 2.47. The molecule has 2 aromatic rings. The zero-order chi connectivity index (χ0) is 18.5. The Kier molecular flexibility index (Phi) is 5.51. The van der Waals surface area contributed by atoms with E-state index >= 15 is 0 Å². The van der Waals surface area contributed by atoms with Gasteiger partial charge in [-0.25, -0.2) is 0 Å². The van der Waals surface area contributed by atoms with Gasteiger partial charge in [-0.05, 0) is 17.9 Å². The minimum atomic E-state index is -0.456. The summed E-state index contributed by atoms with van der Waals surface area (Å²) in [5.41, 5.74) is 0.828. The molecule has 6 nitrogen and oxygen atoms in total. The van der Waals surface area contributed by atoms with Gasteiger partial charge in [0.1, 0.15) is 0 Å². The molecule has 0 spiro atoms. The number of carbonyl (C=O) groups is 3. The molecule has 1 heterocycles. The number of hydrogen-bond donors (Lipinski definition) is 1. The predicted octanol–water partition coefficient (Wildman–Crippen LogP) is 2.26. The van der Waals surface area contributed by atoms with E-state index in [9.17, 15) is 14.4 Å². The van der Waals surface area contributed by atoms with Crippen molar-refractivity contribution in [3.05, 3.63) is 42.5 Å². The summed E-state index contributed by atoms with van der Waals surface area (Å²) in [6.07, 6.45) is 0.715. The largest absolute Gasteiger partial charge is 0.465 e. The van der Waals surface area contributed by atoms with Crippen LogP contribution in [0.2, 0.25) is 0 Å². The number of rotatable bonds is 6. The van der Waals surface area contributed by atoms with E-state index in [1.54, 1.807) is 4.90 Å². The first-order valence-electron chi connectivity index (χ1n) is 8.75. The van der Waals surface area contributed by atoms with Gasteiger partial charge in [0, 0.05) is 31.8 Å². The number of nitrogens with one attached hydrogen (secondary N) is 1. The number of benzene rings is 2. The Morgan fingerprint density at radius 3 is 2.77 bits per heavy atom. The van der Waals surface area contributed by atoms with Crippen LogP contribution in [0.15, 0.2) is 42.5 Å². The molecule has 6 heteroatoms. The van der Waals surface area contributed by atoms with Gasteiger partial charge >= 0.3 is 5.97 Å². The minimum absolute atomic E-state index is 0.0680. The van der Waals surface area contributed by atoms with Gasteiger partial charge in [0.25, 0.3) is 0 Å². The third kappa shape index (κ3) is 4.02. The van der Waals surface area contributed by atoms with Crippen LogP contribution in [0.5, 0.6) is 0 Å². The van der Waals surface area contributed by atoms with Crippen LogP contribution < -0.4 is 10.2 Å². The van der Waals surface area contributed by atoms with Crippen LogP contribution in [-0.2, 0) is 19.1 Å². The number of nitrogens with zero attached hydrogens (tertiary/aromatic N) is 1. The topological polar surface area (TPSA) is 75.7 Å². The summed E-state index contributed by atoms with van der Waals surface area (Å²) in [7, 11) is 0. The van der Waals surface area contributed by atoms with Crippen molar-refractivity contribution in [2.24, 2.45) is 5.92 Å². The molecule has 1 aliphatic rings. The van der Waals surface area contributed by atoms with E-state index < -0.39 is 5.92 Å². The zero-order valence-electron chi connectivity index (χ0n) is 14.7. The number of esters is 1. The third-order valence-electron chi connectivity index (χ3n) is 4.46. The summed E-state index contributed by atoms with van der Waals surface area (Å²) in [5.74, 6) is -0.990. The second-order valence-electron chi connectivity index (χ2n) is 6.41. The fourth-order valence-corrected chi connectivity index (χ4v) is 3.17. The van der Waals surface area contributed by atoms with Crippen molar-refractivity contribution in [3.8, 4) is 0 Å². The Morgan fingerprint density at radius 2 is 1.96 bits per heavy atom. The summed E-state index contributed by atoms with van der Waals surface area (Å²) in [5, 5.41) is 4.70. The normalized spacial score (nSPS) is 16.7. The van der Waals surface area contributed by atoms with Crippen LogP contribution in [-0.4, -0.2) is 37.5 Å². The summed E-state index contributed by atoms with van der Waals surface area (Å²) < 4.78 is 5.26. The highest BCUT2D eigenvalue weighted by atomic mass is 16.5. The van der Waals surface area contributed by atoms with Crippen LogP contribution >= 0.6 is 0 Å². The molecule has 0 radical (unpaired) electrons. The smallest absolute Gasteiger partial charge is 0.311 e. The van der Waals surface area contributed by atoms with E-state index in [-0.39, 0.29) is 30.8 Å². The Hall–Kier alpha value is -2.89. The zero-order valence-corrected chi connectivity index (χ0v) is 14.7. The van der Waals surface area contributed by atoms with E-state index in [2.05, 4.69) is 5.32 Å². The van der Waals surface area contributed by atoms with Crippen molar-refractivity contribution >= 4 is 34.2 Å². The van der Waals surface area contributed by atoms with Gasteiger partial charge < -0.3 is 15.0 Å². The fraction of sp³-hybridized carbons (Fsp3) is 0.350. The maximum Gasteiger partial charge on any atom is 0.311 e. The second kappa shape index (κ2) is 7.99. The molecule has 0 bridgehead atoms. The molecule has 1 aliphatic heterocycles. The number of hydrogen-bond acceptors (Lipinski definition) is 4. The second-order valence-corrected chi connectivity index (χ2v) is 6.41. The summed E-state index contributed by atoms with van der Waals surface area (Å²) in [6, 6.07) is 13.7. The Morgan fingerprint density at radius 1 is 1.19 bits per heavy atom. The molecule has 1 atom stereocenters. The Bertz CT molecular complexity index is 828. The molecule has 0 aromatic heterocycles. The molecule has 136 valence electrons. The monoisotopic (exact) mass is 354 g/mol. The molecule has 1 saturated heterocycles. The first-order chi connectivity index (χ1) is 12.6. The maximum atomic E-state index is 12.5. The lowest BCUT2D eigenvalue weighted by molar-refractivity contribution is -0.148. The van der Waals surface area contributed by atoms with Gasteiger partial charge in [0.2, 0.25) is 11.8 Å². The average Bonchev–Trinajstić information content (AvgIpc) is 3.02. The average molecular weight is 354 g/mol. The fourth-order valence-electron chi connectivity index (χ4n) is 3.17. The van der Waals surface area contributed by atoms with Gasteiger partial charge in [0.15, 0.2) is 0 Å². The lowest BCUT2D eigenvalue weighted by Crippen LogP contribution is -2.27. The van der Waals surface area contributed by atoms with Crippen LogP contribution in [0.25, 0.3) is 10.8 Å². The van der Waals surface area contributed by atoms with Crippen molar-refractivity contribution in [2.75, 3.05) is 24.6 Å². The lowest BCUT2D eigenvalue weighted by Gasteiger charge is -2.18. The quantitative estimate of drug-likeness (QED) is 0.638. The highest BCUT2D eigenvalue weighted by molar-refractivity contribution is 6.06. The van der Waals surface area contributed by atoms with E-state index in [4.69, 9.17) is 4.74 Å². The van der Waals surface area contributed by atoms with Crippen LogP contribution in [0.1, 0.15) is 19.8 Å². The van der Waals surface area contributed by atoms with E-state index in [1.807, 2.05) is 42.5 Å². The number of anilines is 1. The minimum Gasteiger partial charge on any atom is -0.465 e. The molecule has 2 amide bonds. The molecule has 0 saturated carbocycles. The predicted molar refractivity (Wildman–Crippen MR) is 98.7 cm³/mol. The molecule has 1 fully saturated rings. The highest BCUT2D eigenvalue weighted by Crippen LogP contribution is 2.32. The van der Waals surface area contributed by atoms with Crippen molar-refractivity contribution < 1.29 is 19.1 Å². The highest BCUT2D eigenvalue weighted by Gasteiger charge is 2.36. The number of amides is 2. The number of fused-ring (bicyclic) bond motifs is 1. The van der Waals surface area contributed by atoms with Crippen LogP contribution in [0, 0.1) is 5.92 Å². The standard InChI is InChI=1S/C20H22N2O4/c1-14(23)21-10-5-11-26-20(25)16-12-19(24)22(13-16)18-9-4-7-15-6-2-3-8-17(15)18/h2-4,6-9,16H,5,10-13H2,1H3,(H,21,23)/t16-/m1/s1. The molecule has 1 N–H and O–H groups in total. The molecule has 3 rings (SSSR count). The van der Waals surface area contributed by atoms with Crippen molar-refractivity contribution in [1.29, 1.82) is 0 Å². The first-order valence-corrected chi connectivity index (χ1v) is 8.75. The van der Waals surface area contributed by atoms with Crippen molar-refractivity contribution in [3.63, 3.8) is 0 Å². The Balaban J connectivity index is 1.61. The van der Waals surface area contributed by atoms with Gasteiger partial charge in [-0.15, -0.1) is 0 Å². The summed E-state index contributed by atoms with van der Waals surface area (Å²) in [4.78, 5) is 37.2. The lowest BCUT2D eigenvalue weighted by atomic mass is 10.1.